The summed E-state index contributed by atoms with van der Waals surface area (Å²) in [6.07, 6.45) is 5.53. The Morgan fingerprint density at radius 1 is 1.18 bits per heavy atom. The van der Waals surface area contributed by atoms with Crippen molar-refractivity contribution < 1.29 is 23.4 Å². The van der Waals surface area contributed by atoms with Crippen molar-refractivity contribution in [3.63, 3.8) is 0 Å². The van der Waals surface area contributed by atoms with Crippen molar-refractivity contribution in [3.8, 4) is 11.7 Å². The molecule has 0 atom stereocenters. The van der Waals surface area contributed by atoms with Crippen molar-refractivity contribution in [2.75, 3.05) is 43.6 Å². The predicted octanol–water partition coefficient (Wildman–Crippen LogP) is 2.21. The zero-order valence-electron chi connectivity index (χ0n) is 15.6. The number of methoxy groups -OCH3 is 1. The van der Waals surface area contributed by atoms with Gasteiger partial charge in [0, 0.05) is 32.3 Å². The van der Waals surface area contributed by atoms with E-state index in [9.17, 15) is 4.79 Å². The zero-order valence-corrected chi connectivity index (χ0v) is 15.6. The standard InChI is InChI=1S/C19H22N4O5/c1-25-19-10-18(11-19,12-19)16(24)22-14-2-3-15(28-14)27-13-8-20-17(21-9-13)23-4-6-26-7-5-23/h2-3,8-9H,4-7,10-12H2,1H3,(H,22,24). The van der Waals surface area contributed by atoms with Crippen LogP contribution in [0, 0.1) is 5.41 Å². The van der Waals surface area contributed by atoms with Crippen molar-refractivity contribution in [3.05, 3.63) is 24.5 Å². The van der Waals surface area contributed by atoms with E-state index in [0.717, 1.165) is 32.4 Å². The molecule has 3 heterocycles. The molecule has 6 rings (SSSR count). The fraction of sp³-hybridized carbons (Fsp3) is 0.526. The van der Waals surface area contributed by atoms with E-state index in [2.05, 4.69) is 20.2 Å². The van der Waals surface area contributed by atoms with Crippen molar-refractivity contribution >= 4 is 17.7 Å². The Bertz CT molecular complexity index is 855. The second kappa shape index (κ2) is 6.46. The summed E-state index contributed by atoms with van der Waals surface area (Å²) in [6.45, 7) is 2.90. The average molecular weight is 386 g/mol. The molecule has 3 aliphatic carbocycles. The number of carbonyl (C=O) groups excluding carboxylic acids is 1. The Morgan fingerprint density at radius 2 is 1.89 bits per heavy atom. The van der Waals surface area contributed by atoms with Gasteiger partial charge < -0.3 is 23.5 Å². The van der Waals surface area contributed by atoms with Gasteiger partial charge in [-0.2, -0.15) is 0 Å². The molecule has 9 heteroatoms. The molecule has 2 bridgehead atoms. The van der Waals surface area contributed by atoms with Gasteiger partial charge in [0.25, 0.3) is 5.95 Å². The fourth-order valence-corrected chi connectivity index (χ4v) is 4.24. The van der Waals surface area contributed by atoms with E-state index in [1.807, 2.05) is 0 Å². The average Bonchev–Trinajstić information content (AvgIpc) is 3.08. The monoisotopic (exact) mass is 386 g/mol. The molecule has 1 aliphatic heterocycles. The Balaban J connectivity index is 1.17. The highest BCUT2D eigenvalue weighted by molar-refractivity contribution is 5.97. The number of amides is 1. The number of hydrogen-bond acceptors (Lipinski definition) is 8. The number of hydrogen-bond donors (Lipinski definition) is 1. The minimum absolute atomic E-state index is 0.0227. The second-order valence-corrected chi connectivity index (χ2v) is 7.69. The third kappa shape index (κ3) is 2.91. The third-order valence-electron chi connectivity index (χ3n) is 5.84. The van der Waals surface area contributed by atoms with Gasteiger partial charge in [-0.25, -0.2) is 9.97 Å². The minimum atomic E-state index is -0.299. The quantitative estimate of drug-likeness (QED) is 0.807. The lowest BCUT2D eigenvalue weighted by atomic mass is 9.41. The number of aromatic nitrogens is 2. The third-order valence-corrected chi connectivity index (χ3v) is 5.84. The molecule has 4 fully saturated rings. The zero-order chi connectivity index (χ0) is 19.2. The Kier molecular flexibility index (Phi) is 4.02. The van der Waals surface area contributed by atoms with Gasteiger partial charge >= 0.3 is 0 Å². The summed E-state index contributed by atoms with van der Waals surface area (Å²) in [5.74, 6) is 1.72. The van der Waals surface area contributed by atoms with Gasteiger partial charge in [-0.1, -0.05) is 0 Å². The molecule has 3 saturated carbocycles. The van der Waals surface area contributed by atoms with Crippen LogP contribution in [0.4, 0.5) is 11.8 Å². The fourth-order valence-electron chi connectivity index (χ4n) is 4.24. The lowest BCUT2D eigenvalue weighted by Gasteiger charge is -2.67. The van der Waals surface area contributed by atoms with Crippen LogP contribution in [0.3, 0.4) is 0 Å². The van der Waals surface area contributed by atoms with Crippen LogP contribution >= 0.6 is 0 Å². The first-order chi connectivity index (χ1) is 13.6. The van der Waals surface area contributed by atoms with Crippen LogP contribution < -0.4 is 15.0 Å². The molecule has 4 aliphatic rings. The summed E-state index contributed by atoms with van der Waals surface area (Å²) in [5, 5.41) is 2.83. The van der Waals surface area contributed by atoms with Gasteiger partial charge in [-0.3, -0.25) is 10.1 Å². The summed E-state index contributed by atoms with van der Waals surface area (Å²) in [4.78, 5) is 23.2. The lowest BCUT2D eigenvalue weighted by molar-refractivity contribution is -0.260. The summed E-state index contributed by atoms with van der Waals surface area (Å²) in [7, 11) is 1.70. The van der Waals surface area contributed by atoms with Crippen molar-refractivity contribution in [1.29, 1.82) is 0 Å². The van der Waals surface area contributed by atoms with Gasteiger partial charge in [-0.15, -0.1) is 0 Å². The van der Waals surface area contributed by atoms with Crippen molar-refractivity contribution in [1.82, 2.24) is 9.97 Å². The number of furan rings is 1. The highest BCUT2D eigenvalue weighted by Crippen LogP contribution is 2.69. The van der Waals surface area contributed by atoms with E-state index in [0.29, 0.717) is 30.8 Å². The molecule has 1 saturated heterocycles. The highest BCUT2D eigenvalue weighted by atomic mass is 16.6. The van der Waals surface area contributed by atoms with Gasteiger partial charge in [0.2, 0.25) is 17.7 Å². The molecule has 0 radical (unpaired) electrons. The predicted molar refractivity (Wildman–Crippen MR) is 98.5 cm³/mol. The minimum Gasteiger partial charge on any atom is -0.423 e. The maximum atomic E-state index is 12.5. The molecule has 148 valence electrons. The first-order valence-corrected chi connectivity index (χ1v) is 9.39. The number of nitrogens with one attached hydrogen (secondary N) is 1. The van der Waals surface area contributed by atoms with Crippen LogP contribution in [0.15, 0.2) is 28.9 Å². The molecule has 2 aromatic rings. The molecule has 2 aromatic heterocycles. The van der Waals surface area contributed by atoms with E-state index in [4.69, 9.17) is 18.6 Å². The van der Waals surface area contributed by atoms with Crippen LogP contribution in [-0.4, -0.2) is 54.9 Å². The number of morpholine rings is 1. The maximum absolute atomic E-state index is 12.5. The molecule has 0 aromatic carbocycles. The number of nitrogens with zero attached hydrogens (tertiary/aromatic N) is 3. The van der Waals surface area contributed by atoms with Gasteiger partial charge in [-0.05, 0) is 19.3 Å². The van der Waals surface area contributed by atoms with Crippen LogP contribution in [-0.2, 0) is 14.3 Å². The summed E-state index contributed by atoms with van der Waals surface area (Å²) >= 11 is 0. The van der Waals surface area contributed by atoms with Crippen LogP contribution in [0.25, 0.3) is 0 Å². The second-order valence-electron chi connectivity index (χ2n) is 7.69. The first kappa shape index (κ1) is 17.4. The number of carbonyl (C=O) groups is 1. The largest absolute Gasteiger partial charge is 0.423 e. The highest BCUT2D eigenvalue weighted by Gasteiger charge is 2.72. The molecule has 0 unspecified atom stereocenters. The molecular formula is C19H22N4O5. The van der Waals surface area contributed by atoms with E-state index in [-0.39, 0.29) is 22.9 Å². The molecule has 1 N–H and O–H groups in total. The molecule has 0 spiro atoms. The summed E-state index contributed by atoms with van der Waals surface area (Å²) in [5.41, 5.74) is -0.366. The number of ether oxygens (including phenoxy) is 3. The normalized spacial score (nSPS) is 28.2. The van der Waals surface area contributed by atoms with E-state index in [1.54, 1.807) is 31.6 Å². The first-order valence-electron chi connectivity index (χ1n) is 9.39. The maximum Gasteiger partial charge on any atom is 0.291 e. The van der Waals surface area contributed by atoms with Gasteiger partial charge in [0.1, 0.15) is 0 Å². The van der Waals surface area contributed by atoms with Gasteiger partial charge in [0.15, 0.2) is 5.75 Å². The SMILES string of the molecule is COC12CC(C(=O)Nc3ccc(Oc4cnc(N5CCOCC5)nc4)o3)(C1)C2. The van der Waals surface area contributed by atoms with E-state index in [1.165, 1.54) is 0 Å². The lowest BCUT2D eigenvalue weighted by Crippen LogP contribution is -2.72. The topological polar surface area (TPSA) is 99.0 Å². The smallest absolute Gasteiger partial charge is 0.291 e. The van der Waals surface area contributed by atoms with Crippen LogP contribution in [0.5, 0.6) is 11.7 Å². The Hall–Kier alpha value is -2.65. The molecular weight excluding hydrogens is 364 g/mol. The summed E-state index contributed by atoms with van der Waals surface area (Å²) < 4.78 is 22.0. The van der Waals surface area contributed by atoms with Crippen LogP contribution in [0.2, 0.25) is 0 Å². The Morgan fingerprint density at radius 3 is 2.57 bits per heavy atom. The molecule has 1 amide bonds. The summed E-state index contributed by atoms with van der Waals surface area (Å²) in [6, 6.07) is 3.33. The van der Waals surface area contributed by atoms with E-state index < -0.39 is 0 Å². The van der Waals surface area contributed by atoms with Crippen molar-refractivity contribution in [2.45, 2.75) is 24.9 Å². The number of rotatable bonds is 6. The molecule has 9 nitrogen and oxygen atoms in total. The number of anilines is 2. The van der Waals surface area contributed by atoms with Crippen LogP contribution in [0.1, 0.15) is 19.3 Å². The van der Waals surface area contributed by atoms with E-state index >= 15 is 0 Å². The molecule has 28 heavy (non-hydrogen) atoms. The van der Waals surface area contributed by atoms with Gasteiger partial charge in [0.05, 0.1) is 36.6 Å². The Labute approximate surface area is 162 Å². The van der Waals surface area contributed by atoms with Crippen molar-refractivity contribution in [2.24, 2.45) is 5.41 Å².